The number of amides is 1. The monoisotopic (exact) mass is 564 g/mol. The number of ketones is 1. The predicted molar refractivity (Wildman–Crippen MR) is 165 cm³/mol. The Morgan fingerprint density at radius 1 is 1.00 bits per heavy atom. The average molecular weight is 565 g/mol. The number of H-pyrrole nitrogens is 3. The van der Waals surface area contributed by atoms with Gasteiger partial charge in [0.25, 0.3) is 5.56 Å². The number of nitrogens with zero attached hydrogens (tertiary/aromatic N) is 1. The first kappa shape index (κ1) is 27.7. The van der Waals surface area contributed by atoms with Crippen LogP contribution < -0.4 is 16.6 Å². The summed E-state index contributed by atoms with van der Waals surface area (Å²) in [7, 11) is 0. The van der Waals surface area contributed by atoms with Crippen molar-refractivity contribution in [3.05, 3.63) is 82.4 Å². The average Bonchev–Trinajstić information content (AvgIpc) is 3.62. The molecule has 3 aromatic carbocycles. The fourth-order valence-corrected chi connectivity index (χ4v) is 6.25. The Kier molecular flexibility index (Phi) is 7.75. The number of nitrogens with two attached hydrogens (primary N) is 1. The number of aryl methyl sites for hydroxylation is 1. The Hall–Kier alpha value is -4.50. The first-order valence-corrected chi connectivity index (χ1v) is 14.6. The molecule has 1 aliphatic rings. The molecule has 0 spiro atoms. The number of carbonyl (C=O) groups excluding carboxylic acids is 2. The van der Waals surface area contributed by atoms with Gasteiger partial charge in [-0.3, -0.25) is 24.6 Å². The highest BCUT2D eigenvalue weighted by Gasteiger charge is 2.30. The van der Waals surface area contributed by atoms with Crippen LogP contribution in [-0.2, 0) is 16.0 Å². The molecule has 5 aromatic rings. The molecule has 6 rings (SSSR count). The van der Waals surface area contributed by atoms with E-state index in [2.05, 4.69) is 56.7 Å². The van der Waals surface area contributed by atoms with E-state index in [9.17, 15) is 14.4 Å². The van der Waals surface area contributed by atoms with E-state index in [1.54, 1.807) is 24.5 Å². The van der Waals surface area contributed by atoms with Gasteiger partial charge in [0.15, 0.2) is 0 Å². The highest BCUT2D eigenvalue weighted by molar-refractivity contribution is 5.97. The Bertz CT molecular complexity index is 1790. The van der Waals surface area contributed by atoms with Gasteiger partial charge in [-0.2, -0.15) is 0 Å². The third-order valence-corrected chi connectivity index (χ3v) is 8.81. The molecular weight excluding hydrogens is 528 g/mol. The van der Waals surface area contributed by atoms with Crippen LogP contribution in [0.25, 0.3) is 33.1 Å². The van der Waals surface area contributed by atoms with Gasteiger partial charge in [0.05, 0.1) is 28.3 Å². The molecule has 0 aliphatic heterocycles. The number of hydrogen-bond donors (Lipinski definition) is 5. The third-order valence-electron chi connectivity index (χ3n) is 8.81. The van der Waals surface area contributed by atoms with Crippen LogP contribution in [0.1, 0.15) is 43.2 Å². The number of aromatic amines is 3. The zero-order chi connectivity index (χ0) is 29.2. The number of nitrogens with one attached hydrogen (secondary N) is 4. The van der Waals surface area contributed by atoms with E-state index in [0.29, 0.717) is 35.5 Å². The topological polar surface area (TPSA) is 150 Å². The molecule has 1 fully saturated rings. The summed E-state index contributed by atoms with van der Waals surface area (Å²) in [5.41, 5.74) is 13.1. The number of benzene rings is 3. The van der Waals surface area contributed by atoms with Gasteiger partial charge in [-0.1, -0.05) is 24.3 Å². The summed E-state index contributed by atoms with van der Waals surface area (Å²) in [5.74, 6) is -0.125. The van der Waals surface area contributed by atoms with Crippen molar-refractivity contribution in [2.45, 2.75) is 45.4 Å². The van der Waals surface area contributed by atoms with Crippen molar-refractivity contribution in [3.63, 3.8) is 0 Å². The van der Waals surface area contributed by atoms with E-state index < -0.39 is 5.92 Å². The van der Waals surface area contributed by atoms with Crippen molar-refractivity contribution in [3.8, 4) is 11.1 Å². The van der Waals surface area contributed by atoms with Gasteiger partial charge in [-0.05, 0) is 104 Å². The first-order valence-electron chi connectivity index (χ1n) is 14.6. The summed E-state index contributed by atoms with van der Waals surface area (Å²) >= 11 is 0. The molecule has 0 bridgehead atoms. The Balaban J connectivity index is 1.21. The fraction of sp³-hybridized carbons (Fsp3) is 0.333. The van der Waals surface area contributed by atoms with E-state index in [1.165, 1.54) is 0 Å². The van der Waals surface area contributed by atoms with Gasteiger partial charge in [-0.25, -0.2) is 4.98 Å². The second kappa shape index (κ2) is 11.8. The molecule has 1 amide bonds. The van der Waals surface area contributed by atoms with Crippen LogP contribution in [0.3, 0.4) is 0 Å². The molecule has 0 unspecified atom stereocenters. The summed E-state index contributed by atoms with van der Waals surface area (Å²) in [6.07, 6.45) is 5.92. The lowest BCUT2D eigenvalue weighted by molar-refractivity contribution is -0.129. The maximum absolute atomic E-state index is 13.6. The van der Waals surface area contributed by atoms with Crippen molar-refractivity contribution in [1.82, 2.24) is 20.2 Å². The largest absolute Gasteiger partial charge is 0.345 e. The number of hydrogen-bond acceptors (Lipinski definition) is 5. The second-order valence-corrected chi connectivity index (χ2v) is 11.6. The summed E-state index contributed by atoms with van der Waals surface area (Å²) in [5, 5.41) is 8.90. The highest BCUT2D eigenvalue weighted by atomic mass is 16.2. The van der Waals surface area contributed by atoms with Crippen LogP contribution in [0.15, 0.2) is 65.7 Å². The van der Waals surface area contributed by atoms with E-state index in [1.807, 2.05) is 12.1 Å². The van der Waals surface area contributed by atoms with Gasteiger partial charge in [0.2, 0.25) is 5.91 Å². The van der Waals surface area contributed by atoms with E-state index in [4.69, 9.17) is 5.73 Å². The Morgan fingerprint density at radius 3 is 2.55 bits per heavy atom. The number of fused-ring (bicyclic) bond motifs is 2. The van der Waals surface area contributed by atoms with Crippen molar-refractivity contribution in [2.24, 2.45) is 23.5 Å². The second-order valence-electron chi connectivity index (χ2n) is 11.6. The maximum Gasteiger partial charge on any atom is 0.271 e. The number of anilines is 1. The van der Waals surface area contributed by atoms with Gasteiger partial charge < -0.3 is 16.0 Å². The van der Waals surface area contributed by atoms with Crippen LogP contribution in [0.5, 0.6) is 0 Å². The lowest BCUT2D eigenvalue weighted by Crippen LogP contribution is -2.31. The van der Waals surface area contributed by atoms with E-state index in [0.717, 1.165) is 59.0 Å². The van der Waals surface area contributed by atoms with Crippen LogP contribution in [-0.4, -0.2) is 38.4 Å². The molecular formula is C33H36N6O3. The standard InChI is InChI=1S/C33H36N6O3/c1-19-12-29-30(36-18-35-29)16-27(19)22-6-2-20(3-7-22)13-24(14-31(40)23-8-4-21(17-34)5-9-23)32(41)37-25-10-11-26-28(15-25)38-39-33(26)42/h2-3,6-7,10-12,15-16,18,21,23-24H,4-5,8-9,13-14,17,34H2,1H3,(H,35,36)(H,37,41)(H2,38,39,42)/t21?,23?,24-/m1/s1. The lowest BCUT2D eigenvalue weighted by atomic mass is 9.77. The molecule has 42 heavy (non-hydrogen) atoms. The Morgan fingerprint density at radius 2 is 1.79 bits per heavy atom. The zero-order valence-corrected chi connectivity index (χ0v) is 23.7. The third kappa shape index (κ3) is 5.78. The minimum atomic E-state index is -0.529. The number of aromatic nitrogens is 4. The van der Waals surface area contributed by atoms with Crippen molar-refractivity contribution in [1.29, 1.82) is 0 Å². The highest BCUT2D eigenvalue weighted by Crippen LogP contribution is 2.32. The summed E-state index contributed by atoms with van der Waals surface area (Å²) in [6.45, 7) is 2.74. The number of rotatable bonds is 9. The number of carbonyl (C=O) groups is 2. The summed E-state index contributed by atoms with van der Waals surface area (Å²) in [6, 6.07) is 17.5. The Labute approximate surface area is 243 Å². The van der Waals surface area contributed by atoms with Gasteiger partial charge in [0, 0.05) is 23.9 Å². The minimum absolute atomic E-state index is 0.0216. The van der Waals surface area contributed by atoms with Crippen LogP contribution in [0, 0.1) is 24.7 Å². The SMILES string of the molecule is Cc1cc2[nH]cnc2cc1-c1ccc(C[C@H](CC(=O)C2CCC(CN)CC2)C(=O)Nc2ccc3c(=O)[nH][nH]c3c2)cc1. The molecule has 0 radical (unpaired) electrons. The molecule has 6 N–H and O–H groups in total. The van der Waals surface area contributed by atoms with Crippen LogP contribution in [0.4, 0.5) is 5.69 Å². The normalized spacial score (nSPS) is 17.9. The molecule has 2 aromatic heterocycles. The smallest absolute Gasteiger partial charge is 0.271 e. The number of Topliss-reactive ketones (excluding diaryl/α,β-unsaturated/α-hetero) is 1. The summed E-state index contributed by atoms with van der Waals surface area (Å²) in [4.78, 5) is 46.5. The molecule has 9 nitrogen and oxygen atoms in total. The maximum atomic E-state index is 13.6. The zero-order valence-electron chi connectivity index (χ0n) is 23.7. The van der Waals surface area contributed by atoms with E-state index in [-0.39, 0.29) is 29.6 Å². The van der Waals surface area contributed by atoms with Gasteiger partial charge in [-0.15, -0.1) is 0 Å². The van der Waals surface area contributed by atoms with Gasteiger partial charge in [0.1, 0.15) is 5.78 Å². The van der Waals surface area contributed by atoms with Crippen molar-refractivity contribution < 1.29 is 9.59 Å². The molecule has 1 aliphatic carbocycles. The predicted octanol–water partition coefficient (Wildman–Crippen LogP) is 5.23. The molecule has 2 heterocycles. The molecule has 216 valence electrons. The van der Waals surface area contributed by atoms with Crippen molar-refractivity contribution >= 4 is 39.3 Å². The molecule has 1 atom stereocenters. The van der Waals surface area contributed by atoms with E-state index >= 15 is 0 Å². The quantitative estimate of drug-likeness (QED) is 0.166. The van der Waals surface area contributed by atoms with Gasteiger partial charge >= 0.3 is 0 Å². The lowest BCUT2D eigenvalue weighted by Gasteiger charge is -2.27. The number of imidazole rings is 1. The summed E-state index contributed by atoms with van der Waals surface area (Å²) < 4.78 is 0. The minimum Gasteiger partial charge on any atom is -0.345 e. The first-order chi connectivity index (χ1) is 20.4. The fourth-order valence-electron chi connectivity index (χ4n) is 6.25. The van der Waals surface area contributed by atoms with Crippen LogP contribution in [0.2, 0.25) is 0 Å². The molecule has 0 saturated heterocycles. The van der Waals surface area contributed by atoms with Crippen molar-refractivity contribution in [2.75, 3.05) is 11.9 Å². The molecule has 9 heteroatoms. The molecule has 1 saturated carbocycles. The van der Waals surface area contributed by atoms with Crippen LogP contribution >= 0.6 is 0 Å².